The molecule has 1 N–H and O–H groups in total. The van der Waals surface area contributed by atoms with Crippen LogP contribution in [-0.4, -0.2) is 10.3 Å². The lowest BCUT2D eigenvalue weighted by atomic mass is 9.86. The van der Waals surface area contributed by atoms with Crippen LogP contribution in [0.1, 0.15) is 38.3 Å². The fraction of sp³-hybridized carbons (Fsp3) is 0.438. The van der Waals surface area contributed by atoms with Gasteiger partial charge < -0.3 is 4.98 Å². The molecule has 0 bridgehead atoms. The van der Waals surface area contributed by atoms with E-state index in [1.54, 1.807) is 0 Å². The van der Waals surface area contributed by atoms with Crippen LogP contribution in [0.5, 0.6) is 0 Å². The molecule has 0 unspecified atom stereocenters. The summed E-state index contributed by atoms with van der Waals surface area (Å²) < 4.78 is 0. The number of nitrogens with one attached hydrogen (secondary N) is 1. The zero-order chi connectivity index (χ0) is 14.0. The molecule has 0 aliphatic carbocycles. The molecule has 19 heavy (non-hydrogen) atoms. The van der Waals surface area contributed by atoms with E-state index in [2.05, 4.69) is 53.8 Å². The summed E-state index contributed by atoms with van der Waals surface area (Å²) in [5.74, 6) is 0. The van der Waals surface area contributed by atoms with Crippen molar-refractivity contribution in [2.45, 2.75) is 39.0 Å². The number of aromatic nitrogens is 1. The fourth-order valence-corrected chi connectivity index (χ4v) is 2.44. The standard InChI is InChI=1S/C16H20BrNO/c1-16(2,3)13-6-7-14-12(10-13)9-11(5-4-8-17)15(19)18-14/h6-7,9-10H,4-5,8H2,1-3H3,(H,18,19). The molecule has 0 spiro atoms. The molecule has 3 heteroatoms. The normalized spacial score (nSPS) is 12.0. The SMILES string of the molecule is CC(C)(C)c1ccc2[nH]c(=O)c(CCCBr)cc2c1. The molecule has 0 saturated carbocycles. The van der Waals surface area contributed by atoms with Crippen molar-refractivity contribution in [2.24, 2.45) is 0 Å². The molecule has 2 rings (SSSR count). The maximum atomic E-state index is 12.0. The predicted octanol–water partition coefficient (Wildman–Crippen LogP) is 4.15. The Balaban J connectivity index is 2.52. The van der Waals surface area contributed by atoms with Gasteiger partial charge in [-0.2, -0.15) is 0 Å². The smallest absolute Gasteiger partial charge is 0.251 e. The van der Waals surface area contributed by atoms with Crippen molar-refractivity contribution in [3.05, 3.63) is 45.7 Å². The van der Waals surface area contributed by atoms with E-state index >= 15 is 0 Å². The summed E-state index contributed by atoms with van der Waals surface area (Å²) >= 11 is 3.41. The Kier molecular flexibility index (Phi) is 4.14. The number of H-pyrrole nitrogens is 1. The van der Waals surface area contributed by atoms with Gasteiger partial charge in [0, 0.05) is 16.4 Å². The van der Waals surface area contributed by atoms with Gasteiger partial charge in [0.25, 0.3) is 5.56 Å². The molecule has 1 aromatic heterocycles. The van der Waals surface area contributed by atoms with Crippen LogP contribution >= 0.6 is 15.9 Å². The number of alkyl halides is 1. The quantitative estimate of drug-likeness (QED) is 0.846. The third-order valence-electron chi connectivity index (χ3n) is 3.37. The van der Waals surface area contributed by atoms with Gasteiger partial charge in [0.2, 0.25) is 0 Å². The highest BCUT2D eigenvalue weighted by molar-refractivity contribution is 9.09. The number of hydrogen-bond donors (Lipinski definition) is 1. The molecular formula is C16H20BrNO. The molecule has 0 amide bonds. The first-order valence-corrected chi connectivity index (χ1v) is 7.76. The second kappa shape index (κ2) is 5.49. The zero-order valence-electron chi connectivity index (χ0n) is 11.7. The van der Waals surface area contributed by atoms with Crippen LogP contribution < -0.4 is 5.56 Å². The number of aromatic amines is 1. The molecule has 0 fully saturated rings. The lowest BCUT2D eigenvalue weighted by Crippen LogP contribution is -2.14. The van der Waals surface area contributed by atoms with Crippen molar-refractivity contribution >= 4 is 26.8 Å². The minimum Gasteiger partial charge on any atom is -0.322 e. The summed E-state index contributed by atoms with van der Waals surface area (Å²) in [6.45, 7) is 6.60. The van der Waals surface area contributed by atoms with Crippen LogP contribution in [0.25, 0.3) is 10.9 Å². The second-order valence-electron chi connectivity index (χ2n) is 5.97. The average Bonchev–Trinajstić information content (AvgIpc) is 2.34. The van der Waals surface area contributed by atoms with Gasteiger partial charge in [-0.25, -0.2) is 0 Å². The molecule has 0 aliphatic rings. The third kappa shape index (κ3) is 3.27. The minimum atomic E-state index is 0.0389. The molecule has 1 aromatic carbocycles. The van der Waals surface area contributed by atoms with Crippen molar-refractivity contribution in [3.63, 3.8) is 0 Å². The number of hydrogen-bond acceptors (Lipinski definition) is 1. The first-order chi connectivity index (χ1) is 8.91. The van der Waals surface area contributed by atoms with Crippen molar-refractivity contribution in [1.29, 1.82) is 0 Å². The fourth-order valence-electron chi connectivity index (χ4n) is 2.16. The summed E-state index contributed by atoms with van der Waals surface area (Å²) in [5, 5.41) is 2.04. The van der Waals surface area contributed by atoms with E-state index < -0.39 is 0 Å². The predicted molar refractivity (Wildman–Crippen MR) is 85.4 cm³/mol. The number of fused-ring (bicyclic) bond motifs is 1. The van der Waals surface area contributed by atoms with Crippen molar-refractivity contribution in [1.82, 2.24) is 4.98 Å². The third-order valence-corrected chi connectivity index (χ3v) is 3.93. The lowest BCUT2D eigenvalue weighted by molar-refractivity contribution is 0.591. The van der Waals surface area contributed by atoms with E-state index in [1.165, 1.54) is 5.56 Å². The Labute approximate surface area is 122 Å². The van der Waals surface area contributed by atoms with Crippen LogP contribution in [0, 0.1) is 0 Å². The number of rotatable bonds is 3. The van der Waals surface area contributed by atoms with E-state index in [9.17, 15) is 4.79 Å². The second-order valence-corrected chi connectivity index (χ2v) is 6.76. The van der Waals surface area contributed by atoms with E-state index in [4.69, 9.17) is 0 Å². The van der Waals surface area contributed by atoms with Gasteiger partial charge in [0.1, 0.15) is 0 Å². The van der Waals surface area contributed by atoms with Crippen LogP contribution in [0.2, 0.25) is 0 Å². The Hall–Kier alpha value is -1.09. The van der Waals surface area contributed by atoms with Crippen LogP contribution in [0.15, 0.2) is 29.1 Å². The molecule has 1 heterocycles. The van der Waals surface area contributed by atoms with Gasteiger partial charge in [0.05, 0.1) is 0 Å². The van der Waals surface area contributed by atoms with Gasteiger partial charge >= 0.3 is 0 Å². The number of pyridine rings is 1. The largest absolute Gasteiger partial charge is 0.322 e. The lowest BCUT2D eigenvalue weighted by Gasteiger charge is -2.19. The Morgan fingerprint density at radius 1 is 1.21 bits per heavy atom. The Morgan fingerprint density at radius 3 is 2.58 bits per heavy atom. The van der Waals surface area contributed by atoms with E-state index in [-0.39, 0.29) is 11.0 Å². The molecule has 0 aliphatic heterocycles. The number of halogens is 1. The molecule has 0 atom stereocenters. The molecule has 2 aromatic rings. The topological polar surface area (TPSA) is 32.9 Å². The summed E-state index contributed by atoms with van der Waals surface area (Å²) in [5.41, 5.74) is 3.24. The highest BCUT2D eigenvalue weighted by atomic mass is 79.9. The molecule has 0 saturated heterocycles. The van der Waals surface area contributed by atoms with Crippen molar-refractivity contribution in [2.75, 3.05) is 5.33 Å². The van der Waals surface area contributed by atoms with Crippen LogP contribution in [0.3, 0.4) is 0 Å². The van der Waals surface area contributed by atoms with Crippen LogP contribution in [-0.2, 0) is 11.8 Å². The first-order valence-electron chi connectivity index (χ1n) is 6.64. The molecule has 2 nitrogen and oxygen atoms in total. The van der Waals surface area contributed by atoms with E-state index in [1.807, 2.05) is 12.1 Å². The monoisotopic (exact) mass is 321 g/mol. The Bertz CT molecular complexity index is 637. The summed E-state index contributed by atoms with van der Waals surface area (Å²) in [6.07, 6.45) is 1.80. The Morgan fingerprint density at radius 2 is 1.95 bits per heavy atom. The summed E-state index contributed by atoms with van der Waals surface area (Å²) in [7, 11) is 0. The zero-order valence-corrected chi connectivity index (χ0v) is 13.3. The number of benzene rings is 1. The maximum absolute atomic E-state index is 12.0. The number of aryl methyl sites for hydroxylation is 1. The van der Waals surface area contributed by atoms with Gasteiger partial charge in [0.15, 0.2) is 0 Å². The van der Waals surface area contributed by atoms with E-state index in [0.29, 0.717) is 0 Å². The van der Waals surface area contributed by atoms with Crippen molar-refractivity contribution in [3.8, 4) is 0 Å². The van der Waals surface area contributed by atoms with Gasteiger partial charge in [-0.05, 0) is 47.4 Å². The summed E-state index contributed by atoms with van der Waals surface area (Å²) in [4.78, 5) is 14.9. The molecular weight excluding hydrogens is 302 g/mol. The van der Waals surface area contributed by atoms with Crippen molar-refractivity contribution < 1.29 is 0 Å². The first kappa shape index (κ1) is 14.3. The molecule has 102 valence electrons. The highest BCUT2D eigenvalue weighted by Crippen LogP contribution is 2.25. The van der Waals surface area contributed by atoms with Crippen LogP contribution in [0.4, 0.5) is 0 Å². The van der Waals surface area contributed by atoms with Gasteiger partial charge in [-0.1, -0.05) is 42.8 Å². The van der Waals surface area contributed by atoms with Gasteiger partial charge in [-0.3, -0.25) is 4.79 Å². The minimum absolute atomic E-state index is 0.0389. The summed E-state index contributed by atoms with van der Waals surface area (Å²) in [6, 6.07) is 8.32. The maximum Gasteiger partial charge on any atom is 0.251 e. The van der Waals surface area contributed by atoms with E-state index in [0.717, 1.165) is 34.6 Å². The highest BCUT2D eigenvalue weighted by Gasteiger charge is 2.14. The average molecular weight is 322 g/mol. The molecule has 0 radical (unpaired) electrons. The van der Waals surface area contributed by atoms with Gasteiger partial charge in [-0.15, -0.1) is 0 Å².